The van der Waals surface area contributed by atoms with Crippen LogP contribution in [0.25, 0.3) is 0 Å². The van der Waals surface area contributed by atoms with Crippen molar-refractivity contribution in [2.45, 2.75) is 12.2 Å². The molecule has 1 saturated heterocycles. The van der Waals surface area contributed by atoms with Gasteiger partial charge in [-0.1, -0.05) is 66.7 Å². The monoisotopic (exact) mass is 453 g/mol. The first-order chi connectivity index (χ1) is 15.9. The van der Waals surface area contributed by atoms with Gasteiger partial charge in [-0.05, 0) is 29.3 Å². The summed E-state index contributed by atoms with van der Waals surface area (Å²) >= 11 is 0. The third-order valence-corrected chi connectivity index (χ3v) is 5.84. The van der Waals surface area contributed by atoms with Gasteiger partial charge in [0.25, 0.3) is 0 Å². The fraction of sp³-hybridized carbons (Fsp3) is 0.269. The minimum atomic E-state index is -4.44. The summed E-state index contributed by atoms with van der Waals surface area (Å²) in [7, 11) is 0. The summed E-state index contributed by atoms with van der Waals surface area (Å²) in [5.74, 6) is -0.314. The molecule has 1 fully saturated rings. The van der Waals surface area contributed by atoms with Crippen LogP contribution in [0.4, 0.5) is 18.9 Å². The molecule has 33 heavy (non-hydrogen) atoms. The van der Waals surface area contributed by atoms with Crippen molar-refractivity contribution < 1.29 is 18.0 Å². The molecule has 1 heterocycles. The third kappa shape index (κ3) is 6.00. The van der Waals surface area contributed by atoms with Crippen molar-refractivity contribution in [2.75, 3.05) is 38.0 Å². The molecule has 0 spiro atoms. The van der Waals surface area contributed by atoms with Crippen molar-refractivity contribution >= 4 is 11.6 Å². The molecule has 0 atom stereocenters. The van der Waals surface area contributed by atoms with E-state index >= 15 is 0 Å². The van der Waals surface area contributed by atoms with Crippen LogP contribution < -0.4 is 5.32 Å². The Morgan fingerprint density at radius 3 is 1.94 bits per heavy atom. The quantitative estimate of drug-likeness (QED) is 0.567. The molecule has 4 nitrogen and oxygen atoms in total. The number of nitrogens with one attached hydrogen (secondary N) is 1. The van der Waals surface area contributed by atoms with E-state index < -0.39 is 11.7 Å². The number of benzene rings is 3. The smallest absolute Gasteiger partial charge is 0.325 e. The van der Waals surface area contributed by atoms with Crippen LogP contribution in [-0.4, -0.2) is 48.4 Å². The number of carbonyl (C=O) groups excluding carboxylic acids is 1. The number of piperazine rings is 1. The van der Waals surface area contributed by atoms with Gasteiger partial charge in [-0.3, -0.25) is 14.6 Å². The molecular formula is C26H26F3N3O. The minimum Gasteiger partial charge on any atom is -0.325 e. The summed E-state index contributed by atoms with van der Waals surface area (Å²) in [5.41, 5.74) is 1.82. The third-order valence-electron chi connectivity index (χ3n) is 5.84. The Morgan fingerprint density at radius 2 is 1.39 bits per heavy atom. The number of anilines is 1. The van der Waals surface area contributed by atoms with Crippen molar-refractivity contribution in [3.63, 3.8) is 0 Å². The molecule has 1 aliphatic rings. The van der Waals surface area contributed by atoms with E-state index in [0.29, 0.717) is 13.1 Å². The normalized spacial score (nSPS) is 15.5. The molecule has 0 radical (unpaired) electrons. The van der Waals surface area contributed by atoms with Crippen molar-refractivity contribution in [1.29, 1.82) is 0 Å². The van der Waals surface area contributed by atoms with Crippen LogP contribution in [0.5, 0.6) is 0 Å². The average Bonchev–Trinajstić information content (AvgIpc) is 2.81. The summed E-state index contributed by atoms with van der Waals surface area (Å²) in [6, 6.07) is 25.6. The average molecular weight is 454 g/mol. The van der Waals surface area contributed by atoms with Gasteiger partial charge in [0.05, 0.1) is 18.2 Å². The molecule has 0 unspecified atom stereocenters. The highest BCUT2D eigenvalue weighted by Gasteiger charge is 2.31. The number of alkyl halides is 3. The van der Waals surface area contributed by atoms with Gasteiger partial charge in [-0.25, -0.2) is 0 Å². The molecule has 0 bridgehead atoms. The molecule has 3 aromatic carbocycles. The van der Waals surface area contributed by atoms with E-state index in [2.05, 4.69) is 34.5 Å². The maximum atomic E-state index is 12.9. The highest BCUT2D eigenvalue weighted by Crippen LogP contribution is 2.31. The minimum absolute atomic E-state index is 0.133. The summed E-state index contributed by atoms with van der Waals surface area (Å²) in [6.45, 7) is 3.11. The van der Waals surface area contributed by atoms with Gasteiger partial charge < -0.3 is 5.32 Å². The fourth-order valence-corrected chi connectivity index (χ4v) is 4.24. The number of hydrogen-bond donors (Lipinski definition) is 1. The van der Waals surface area contributed by atoms with Crippen molar-refractivity contribution in [2.24, 2.45) is 0 Å². The Morgan fingerprint density at radius 1 is 0.818 bits per heavy atom. The number of rotatable bonds is 6. The van der Waals surface area contributed by atoms with Crippen molar-refractivity contribution in [3.8, 4) is 0 Å². The lowest BCUT2D eigenvalue weighted by molar-refractivity contribution is -0.137. The lowest BCUT2D eigenvalue weighted by atomic mass is 9.96. The van der Waals surface area contributed by atoms with Crippen LogP contribution in [0.2, 0.25) is 0 Å². The Hall–Kier alpha value is -3.16. The van der Waals surface area contributed by atoms with E-state index in [4.69, 9.17) is 0 Å². The van der Waals surface area contributed by atoms with Gasteiger partial charge in [-0.15, -0.1) is 0 Å². The largest absolute Gasteiger partial charge is 0.416 e. The predicted octanol–water partition coefficient (Wildman–Crippen LogP) is 5.05. The maximum Gasteiger partial charge on any atom is 0.416 e. The number of hydrogen-bond acceptors (Lipinski definition) is 3. The molecule has 0 aliphatic carbocycles. The van der Waals surface area contributed by atoms with E-state index in [1.165, 1.54) is 23.3 Å². The van der Waals surface area contributed by atoms with Gasteiger partial charge in [0, 0.05) is 31.9 Å². The van der Waals surface area contributed by atoms with Crippen LogP contribution in [0.15, 0.2) is 84.9 Å². The Balaban J connectivity index is 1.37. The maximum absolute atomic E-state index is 12.9. The number of amides is 1. The van der Waals surface area contributed by atoms with Gasteiger partial charge >= 0.3 is 6.18 Å². The molecule has 1 N–H and O–H groups in total. The van der Waals surface area contributed by atoms with Crippen LogP contribution in [0.1, 0.15) is 22.7 Å². The summed E-state index contributed by atoms with van der Waals surface area (Å²) in [4.78, 5) is 16.9. The van der Waals surface area contributed by atoms with Crippen LogP contribution in [0, 0.1) is 0 Å². The molecule has 0 aromatic heterocycles. The fourth-order valence-electron chi connectivity index (χ4n) is 4.24. The zero-order valence-corrected chi connectivity index (χ0v) is 18.1. The van der Waals surface area contributed by atoms with Crippen LogP contribution in [-0.2, 0) is 11.0 Å². The van der Waals surface area contributed by atoms with E-state index in [0.717, 1.165) is 25.2 Å². The molecule has 1 aliphatic heterocycles. The lowest BCUT2D eigenvalue weighted by Gasteiger charge is -2.39. The van der Waals surface area contributed by atoms with E-state index in [1.54, 1.807) is 0 Å². The number of carbonyl (C=O) groups is 1. The summed E-state index contributed by atoms with van der Waals surface area (Å²) < 4.78 is 38.7. The van der Waals surface area contributed by atoms with Crippen molar-refractivity contribution in [3.05, 3.63) is 102 Å². The van der Waals surface area contributed by atoms with Crippen LogP contribution >= 0.6 is 0 Å². The molecular weight excluding hydrogens is 427 g/mol. The van der Waals surface area contributed by atoms with Crippen molar-refractivity contribution in [1.82, 2.24) is 9.80 Å². The molecule has 4 rings (SSSR count). The zero-order valence-electron chi connectivity index (χ0n) is 18.1. The second-order valence-electron chi connectivity index (χ2n) is 8.16. The molecule has 0 saturated carbocycles. The standard InChI is InChI=1S/C26H26F3N3O/c27-26(28,29)22-12-7-13-23(18-22)30-24(33)19-31-14-16-32(17-15-31)25(20-8-3-1-4-9-20)21-10-5-2-6-11-21/h1-13,18,25H,14-17,19H2,(H,30,33). The SMILES string of the molecule is O=C(CN1CCN(C(c2ccccc2)c2ccccc2)CC1)Nc1cccc(C(F)(F)F)c1. The summed E-state index contributed by atoms with van der Waals surface area (Å²) in [6.07, 6.45) is -4.44. The molecule has 3 aromatic rings. The second-order valence-corrected chi connectivity index (χ2v) is 8.16. The highest BCUT2D eigenvalue weighted by atomic mass is 19.4. The lowest BCUT2D eigenvalue weighted by Crippen LogP contribution is -2.49. The Kier molecular flexibility index (Phi) is 7.11. The second kappa shape index (κ2) is 10.2. The van der Waals surface area contributed by atoms with E-state index in [-0.39, 0.29) is 24.2 Å². The van der Waals surface area contributed by atoms with Gasteiger partial charge in [-0.2, -0.15) is 13.2 Å². The first-order valence-corrected chi connectivity index (χ1v) is 10.9. The van der Waals surface area contributed by atoms with E-state index in [9.17, 15) is 18.0 Å². The predicted molar refractivity (Wildman–Crippen MR) is 123 cm³/mol. The summed E-state index contributed by atoms with van der Waals surface area (Å²) in [5, 5.41) is 2.59. The first kappa shape index (κ1) is 23.0. The highest BCUT2D eigenvalue weighted by molar-refractivity contribution is 5.92. The molecule has 1 amide bonds. The Bertz CT molecular complexity index is 1010. The van der Waals surface area contributed by atoms with Crippen LogP contribution in [0.3, 0.4) is 0 Å². The Labute approximate surface area is 191 Å². The number of nitrogens with zero attached hydrogens (tertiary/aromatic N) is 2. The van der Waals surface area contributed by atoms with E-state index in [1.807, 2.05) is 41.3 Å². The van der Waals surface area contributed by atoms with Gasteiger partial charge in [0.15, 0.2) is 0 Å². The molecule has 172 valence electrons. The zero-order chi connectivity index (χ0) is 23.3. The van der Waals surface area contributed by atoms with Gasteiger partial charge in [0.2, 0.25) is 5.91 Å². The van der Waals surface area contributed by atoms with Gasteiger partial charge in [0.1, 0.15) is 0 Å². The molecule has 7 heteroatoms. The first-order valence-electron chi connectivity index (χ1n) is 10.9. The number of halogens is 3. The topological polar surface area (TPSA) is 35.6 Å².